The Morgan fingerprint density at radius 2 is 1.85 bits per heavy atom. The summed E-state index contributed by atoms with van der Waals surface area (Å²) in [5.41, 5.74) is 5.01. The van der Waals surface area contributed by atoms with Gasteiger partial charge in [0.15, 0.2) is 0 Å². The first-order valence-electron chi connectivity index (χ1n) is 11.9. The number of fused-ring (bicyclic) bond motifs is 1. The normalized spacial score (nSPS) is 19.2. The number of aromatic amines is 1. The molecule has 174 valence electrons. The van der Waals surface area contributed by atoms with E-state index in [0.29, 0.717) is 28.0 Å². The number of nitrogens with one attached hydrogen (secondary N) is 1. The van der Waals surface area contributed by atoms with Crippen LogP contribution < -0.4 is 4.90 Å². The highest BCUT2D eigenvalue weighted by Gasteiger charge is 2.29. The van der Waals surface area contributed by atoms with Crippen molar-refractivity contribution in [3.05, 3.63) is 59.6 Å². The number of likely N-dealkylation sites (tertiary alicyclic amines) is 1. The van der Waals surface area contributed by atoms with E-state index < -0.39 is 0 Å². The summed E-state index contributed by atoms with van der Waals surface area (Å²) >= 11 is 6.11. The second-order valence-corrected chi connectivity index (χ2v) is 9.62. The molecule has 2 aliphatic heterocycles. The number of benzene rings is 1. The number of halogens is 2. The molecule has 6 nitrogen and oxygen atoms in total. The summed E-state index contributed by atoms with van der Waals surface area (Å²) in [6.45, 7) is 4.51. The summed E-state index contributed by atoms with van der Waals surface area (Å²) in [6, 6.07) is 11.1. The van der Waals surface area contributed by atoms with Crippen LogP contribution in [0.25, 0.3) is 33.5 Å². The lowest BCUT2D eigenvalue weighted by Gasteiger charge is -2.32. The van der Waals surface area contributed by atoms with Gasteiger partial charge in [0.05, 0.1) is 28.6 Å². The van der Waals surface area contributed by atoms with Gasteiger partial charge in [0.1, 0.15) is 11.5 Å². The van der Waals surface area contributed by atoms with Gasteiger partial charge in [0, 0.05) is 41.5 Å². The number of hydrogen-bond donors (Lipinski definition) is 1. The van der Waals surface area contributed by atoms with Gasteiger partial charge in [-0.15, -0.1) is 0 Å². The van der Waals surface area contributed by atoms with E-state index in [0.717, 1.165) is 35.4 Å². The van der Waals surface area contributed by atoms with Crippen LogP contribution in [0.1, 0.15) is 25.7 Å². The Morgan fingerprint density at radius 1 is 0.971 bits per heavy atom. The lowest BCUT2D eigenvalue weighted by Crippen LogP contribution is -2.40. The highest BCUT2D eigenvalue weighted by Crippen LogP contribution is 2.33. The Balaban J connectivity index is 1.30. The van der Waals surface area contributed by atoms with E-state index in [1.807, 2.05) is 18.3 Å². The van der Waals surface area contributed by atoms with Crippen molar-refractivity contribution in [2.24, 2.45) is 0 Å². The average Bonchev–Trinajstić information content (AvgIpc) is 3.56. The van der Waals surface area contributed by atoms with Crippen LogP contribution >= 0.6 is 11.6 Å². The van der Waals surface area contributed by atoms with E-state index in [-0.39, 0.29) is 5.82 Å². The largest absolute Gasteiger partial charge is 0.369 e. The quantitative estimate of drug-likeness (QED) is 0.419. The molecule has 1 atom stereocenters. The van der Waals surface area contributed by atoms with E-state index >= 15 is 0 Å². The van der Waals surface area contributed by atoms with Crippen LogP contribution in [0.15, 0.2) is 48.8 Å². The number of rotatable bonds is 4. The number of anilines is 1. The minimum Gasteiger partial charge on any atom is -0.369 e. The molecule has 2 fully saturated rings. The van der Waals surface area contributed by atoms with Crippen LogP contribution in [0.3, 0.4) is 0 Å². The van der Waals surface area contributed by atoms with Crippen LogP contribution in [-0.2, 0) is 0 Å². The molecule has 3 aromatic heterocycles. The zero-order valence-corrected chi connectivity index (χ0v) is 19.6. The molecule has 0 radical (unpaired) electrons. The van der Waals surface area contributed by atoms with E-state index in [1.165, 1.54) is 50.9 Å². The minimum atomic E-state index is -0.375. The lowest BCUT2D eigenvalue weighted by atomic mass is 10.0. The molecular weight excluding hydrogens is 451 g/mol. The maximum atomic E-state index is 14.5. The standard InChI is InChI=1S/C26H26ClFN6/c27-17-4-5-22(28)20(12-17)26-21(15-30-32-26)23-6-7-24-25(31-23)13-19(14-29-24)34-11-8-18(16-34)33-9-2-1-3-10-33/h4-7,12-15,18H,1-3,8-11,16H2,(H,30,32). The fourth-order valence-electron chi connectivity index (χ4n) is 5.25. The van der Waals surface area contributed by atoms with Gasteiger partial charge < -0.3 is 4.90 Å². The predicted octanol–water partition coefficient (Wildman–Crippen LogP) is 5.54. The van der Waals surface area contributed by atoms with Gasteiger partial charge in [-0.2, -0.15) is 5.10 Å². The maximum absolute atomic E-state index is 14.5. The van der Waals surface area contributed by atoms with Crippen molar-refractivity contribution in [2.45, 2.75) is 31.7 Å². The highest BCUT2D eigenvalue weighted by atomic mass is 35.5. The summed E-state index contributed by atoms with van der Waals surface area (Å²) in [4.78, 5) is 14.6. The molecule has 34 heavy (non-hydrogen) atoms. The lowest BCUT2D eigenvalue weighted by molar-refractivity contribution is 0.175. The molecule has 1 aromatic carbocycles. The van der Waals surface area contributed by atoms with Gasteiger partial charge >= 0.3 is 0 Å². The summed E-state index contributed by atoms with van der Waals surface area (Å²) in [5, 5.41) is 7.60. The summed E-state index contributed by atoms with van der Waals surface area (Å²) in [5.74, 6) is -0.375. The molecule has 0 aliphatic carbocycles. The van der Waals surface area contributed by atoms with Gasteiger partial charge in [-0.3, -0.25) is 15.0 Å². The predicted molar refractivity (Wildman–Crippen MR) is 134 cm³/mol. The van der Waals surface area contributed by atoms with Crippen molar-refractivity contribution in [2.75, 3.05) is 31.1 Å². The molecule has 0 bridgehead atoms. The molecular formula is C26H26ClFN6. The van der Waals surface area contributed by atoms with Crippen molar-refractivity contribution in [1.29, 1.82) is 0 Å². The molecule has 0 amide bonds. The minimum absolute atomic E-state index is 0.346. The molecule has 0 spiro atoms. The Kier molecular flexibility index (Phi) is 5.67. The number of aromatic nitrogens is 4. The number of hydrogen-bond acceptors (Lipinski definition) is 5. The summed E-state index contributed by atoms with van der Waals surface area (Å²) in [6.07, 6.45) is 8.87. The highest BCUT2D eigenvalue weighted by molar-refractivity contribution is 6.30. The molecule has 1 unspecified atom stereocenters. The molecule has 2 saturated heterocycles. The smallest absolute Gasteiger partial charge is 0.132 e. The monoisotopic (exact) mass is 476 g/mol. The molecule has 0 saturated carbocycles. The van der Waals surface area contributed by atoms with Crippen molar-refractivity contribution in [1.82, 2.24) is 25.1 Å². The van der Waals surface area contributed by atoms with Crippen molar-refractivity contribution >= 4 is 28.3 Å². The second kappa shape index (κ2) is 8.96. The molecule has 8 heteroatoms. The Hall–Kier alpha value is -3.03. The molecule has 5 heterocycles. The van der Waals surface area contributed by atoms with Gasteiger partial charge in [0.2, 0.25) is 0 Å². The number of H-pyrrole nitrogens is 1. The Morgan fingerprint density at radius 3 is 2.74 bits per heavy atom. The first-order valence-corrected chi connectivity index (χ1v) is 12.3. The fraction of sp³-hybridized carbons (Fsp3) is 0.346. The first-order chi connectivity index (χ1) is 16.7. The van der Waals surface area contributed by atoms with E-state index in [1.54, 1.807) is 12.3 Å². The van der Waals surface area contributed by atoms with Crippen LogP contribution in [0, 0.1) is 5.82 Å². The third-order valence-corrected chi connectivity index (χ3v) is 7.29. The second-order valence-electron chi connectivity index (χ2n) is 9.19. The van der Waals surface area contributed by atoms with Gasteiger partial charge in [0.25, 0.3) is 0 Å². The van der Waals surface area contributed by atoms with E-state index in [2.05, 4.69) is 31.0 Å². The summed E-state index contributed by atoms with van der Waals surface area (Å²) < 4.78 is 14.5. The zero-order valence-electron chi connectivity index (χ0n) is 18.8. The first kappa shape index (κ1) is 21.5. The Bertz CT molecular complexity index is 1330. The van der Waals surface area contributed by atoms with Crippen molar-refractivity contribution < 1.29 is 4.39 Å². The van der Waals surface area contributed by atoms with Crippen LogP contribution in [0.2, 0.25) is 5.02 Å². The van der Waals surface area contributed by atoms with Crippen LogP contribution in [0.5, 0.6) is 0 Å². The SMILES string of the molecule is Fc1ccc(Cl)cc1-c1n[nH]cc1-c1ccc2ncc(N3CCC(N4CCCCC4)C3)cc2n1. The number of piperidine rings is 1. The topological polar surface area (TPSA) is 60.9 Å². The number of pyridine rings is 2. The molecule has 4 aromatic rings. The van der Waals surface area contributed by atoms with Crippen molar-refractivity contribution in [3.63, 3.8) is 0 Å². The zero-order chi connectivity index (χ0) is 23.1. The average molecular weight is 477 g/mol. The maximum Gasteiger partial charge on any atom is 0.132 e. The third-order valence-electron chi connectivity index (χ3n) is 7.06. The van der Waals surface area contributed by atoms with Gasteiger partial charge in [-0.1, -0.05) is 18.0 Å². The Labute approximate surface area is 202 Å². The van der Waals surface area contributed by atoms with Gasteiger partial charge in [-0.25, -0.2) is 9.37 Å². The van der Waals surface area contributed by atoms with Crippen molar-refractivity contribution in [3.8, 4) is 22.5 Å². The molecule has 6 rings (SSSR count). The van der Waals surface area contributed by atoms with Gasteiger partial charge in [-0.05, 0) is 68.8 Å². The van der Waals surface area contributed by atoms with E-state index in [9.17, 15) is 4.39 Å². The van der Waals surface area contributed by atoms with Crippen LogP contribution in [-0.4, -0.2) is 57.3 Å². The van der Waals surface area contributed by atoms with E-state index in [4.69, 9.17) is 16.6 Å². The molecule has 2 aliphatic rings. The van der Waals surface area contributed by atoms with Crippen LogP contribution in [0.4, 0.5) is 10.1 Å². The summed E-state index contributed by atoms with van der Waals surface area (Å²) in [7, 11) is 0. The molecule has 1 N–H and O–H groups in total. The fourth-order valence-corrected chi connectivity index (χ4v) is 5.42. The third kappa shape index (κ3) is 4.03. The number of nitrogens with zero attached hydrogens (tertiary/aromatic N) is 5.